The molecule has 0 aliphatic heterocycles. The molecular weight excluding hydrogens is 312 g/mol. The van der Waals surface area contributed by atoms with Gasteiger partial charge in [0, 0.05) is 17.1 Å². The van der Waals surface area contributed by atoms with E-state index in [0.717, 1.165) is 6.54 Å². The number of benzene rings is 1. The fourth-order valence-electron chi connectivity index (χ4n) is 2.12. The van der Waals surface area contributed by atoms with E-state index in [1.807, 2.05) is 11.9 Å². The summed E-state index contributed by atoms with van der Waals surface area (Å²) in [6, 6.07) is 8.71. The second-order valence-corrected chi connectivity index (χ2v) is 6.32. The predicted octanol–water partition coefficient (Wildman–Crippen LogP) is 2.91. The largest absolute Gasteiger partial charge is 0.465 e. The number of ether oxygens (including phenoxy) is 1. The smallest absolute Gasteiger partial charge is 0.337 e. The van der Waals surface area contributed by atoms with Gasteiger partial charge in [0.2, 0.25) is 5.91 Å². The fourth-order valence-corrected chi connectivity index (χ4v) is 3.11. The van der Waals surface area contributed by atoms with Crippen LogP contribution in [0.3, 0.4) is 0 Å². The Morgan fingerprint density at radius 2 is 1.91 bits per heavy atom. The van der Waals surface area contributed by atoms with Crippen molar-refractivity contribution in [2.45, 2.75) is 13.5 Å². The number of esters is 1. The number of aryl methyl sites for hydroxylation is 1. The van der Waals surface area contributed by atoms with Gasteiger partial charge in [-0.3, -0.25) is 9.69 Å². The van der Waals surface area contributed by atoms with Gasteiger partial charge in [-0.25, -0.2) is 4.79 Å². The second-order valence-electron chi connectivity index (χ2n) is 5.32. The number of nitrogens with one attached hydrogen (secondary N) is 1. The normalized spacial score (nSPS) is 10.6. The molecule has 1 aromatic heterocycles. The molecule has 0 unspecified atom stereocenters. The average Bonchev–Trinajstić information content (AvgIpc) is 2.92. The Labute approximate surface area is 139 Å². The van der Waals surface area contributed by atoms with E-state index in [9.17, 15) is 9.59 Å². The van der Waals surface area contributed by atoms with Gasteiger partial charge in [-0.15, -0.1) is 11.3 Å². The Kier molecular flexibility index (Phi) is 5.90. The van der Waals surface area contributed by atoms with Crippen molar-refractivity contribution in [3.8, 4) is 0 Å². The Bertz CT molecular complexity index is 679. The molecule has 0 fully saturated rings. The summed E-state index contributed by atoms with van der Waals surface area (Å²) in [4.78, 5) is 26.7. The van der Waals surface area contributed by atoms with Gasteiger partial charge in [-0.05, 0) is 55.2 Å². The molecular formula is C17H20N2O3S. The Morgan fingerprint density at radius 3 is 2.48 bits per heavy atom. The van der Waals surface area contributed by atoms with Gasteiger partial charge in [-0.2, -0.15) is 0 Å². The number of carbonyl (C=O) groups excluding carboxylic acids is 2. The molecule has 1 aromatic carbocycles. The minimum atomic E-state index is -0.395. The molecule has 1 N–H and O–H groups in total. The fraction of sp³-hybridized carbons (Fsp3) is 0.294. The lowest BCUT2D eigenvalue weighted by atomic mass is 10.2. The van der Waals surface area contributed by atoms with E-state index in [1.165, 1.54) is 17.6 Å². The molecule has 0 aliphatic rings. The highest BCUT2D eigenvalue weighted by Crippen LogP contribution is 2.17. The number of nitrogens with zero attached hydrogens (tertiary/aromatic N) is 1. The molecule has 0 saturated carbocycles. The highest BCUT2D eigenvalue weighted by molar-refractivity contribution is 7.10. The van der Waals surface area contributed by atoms with Crippen molar-refractivity contribution >= 4 is 28.9 Å². The molecule has 0 saturated heterocycles. The van der Waals surface area contributed by atoms with Crippen molar-refractivity contribution in [3.05, 3.63) is 51.7 Å². The van der Waals surface area contributed by atoms with Crippen molar-refractivity contribution in [1.82, 2.24) is 4.90 Å². The van der Waals surface area contributed by atoms with Gasteiger partial charge in [0.15, 0.2) is 0 Å². The highest BCUT2D eigenvalue weighted by atomic mass is 32.1. The number of amides is 1. The quantitative estimate of drug-likeness (QED) is 0.826. The van der Waals surface area contributed by atoms with Crippen molar-refractivity contribution < 1.29 is 14.3 Å². The summed E-state index contributed by atoms with van der Waals surface area (Å²) < 4.78 is 4.64. The third-order valence-electron chi connectivity index (χ3n) is 3.38. The Hall–Kier alpha value is -2.18. The molecule has 1 heterocycles. The third kappa shape index (κ3) is 4.91. The number of rotatable bonds is 6. The van der Waals surface area contributed by atoms with E-state index in [1.54, 1.807) is 35.6 Å². The monoisotopic (exact) mass is 332 g/mol. The van der Waals surface area contributed by atoms with Crippen LogP contribution < -0.4 is 5.32 Å². The summed E-state index contributed by atoms with van der Waals surface area (Å²) in [5, 5.41) is 4.88. The van der Waals surface area contributed by atoms with Crippen LogP contribution in [0.2, 0.25) is 0 Å². The summed E-state index contributed by atoms with van der Waals surface area (Å²) in [5.74, 6) is -0.485. The lowest BCUT2D eigenvalue weighted by Crippen LogP contribution is -2.29. The van der Waals surface area contributed by atoms with Crippen LogP contribution >= 0.6 is 11.3 Å². The molecule has 2 rings (SSSR count). The number of carbonyl (C=O) groups is 2. The van der Waals surface area contributed by atoms with Gasteiger partial charge >= 0.3 is 5.97 Å². The predicted molar refractivity (Wildman–Crippen MR) is 91.8 cm³/mol. The minimum Gasteiger partial charge on any atom is -0.465 e. The average molecular weight is 332 g/mol. The van der Waals surface area contributed by atoms with Crippen molar-refractivity contribution in [3.63, 3.8) is 0 Å². The van der Waals surface area contributed by atoms with Gasteiger partial charge in [0.05, 0.1) is 19.2 Å². The van der Waals surface area contributed by atoms with Gasteiger partial charge in [0.25, 0.3) is 0 Å². The number of thiophene rings is 1. The number of hydrogen-bond acceptors (Lipinski definition) is 5. The molecule has 1 amide bonds. The van der Waals surface area contributed by atoms with Crippen LogP contribution in [0, 0.1) is 6.92 Å². The zero-order valence-corrected chi connectivity index (χ0v) is 14.3. The van der Waals surface area contributed by atoms with Gasteiger partial charge < -0.3 is 10.1 Å². The molecule has 23 heavy (non-hydrogen) atoms. The van der Waals surface area contributed by atoms with E-state index >= 15 is 0 Å². The molecule has 0 bridgehead atoms. The molecule has 0 spiro atoms. The van der Waals surface area contributed by atoms with E-state index in [0.29, 0.717) is 17.8 Å². The first kappa shape index (κ1) is 17.2. The number of methoxy groups -OCH3 is 1. The first-order chi connectivity index (χ1) is 11.0. The minimum absolute atomic E-state index is 0.0903. The number of hydrogen-bond donors (Lipinski definition) is 1. The summed E-state index contributed by atoms with van der Waals surface area (Å²) in [7, 11) is 3.25. The maximum absolute atomic E-state index is 12.1. The summed E-state index contributed by atoms with van der Waals surface area (Å²) in [6.07, 6.45) is 0. The SMILES string of the molecule is COC(=O)c1ccc(NC(=O)CN(C)Cc2sccc2C)cc1. The van der Waals surface area contributed by atoms with Crippen LogP contribution in [0.15, 0.2) is 35.7 Å². The van der Waals surface area contributed by atoms with Gasteiger partial charge in [0.1, 0.15) is 0 Å². The second kappa shape index (κ2) is 7.89. The molecule has 0 aliphatic carbocycles. The Morgan fingerprint density at radius 1 is 1.22 bits per heavy atom. The molecule has 5 nitrogen and oxygen atoms in total. The Balaban J connectivity index is 1.86. The standard InChI is InChI=1S/C17H20N2O3S/c1-12-8-9-23-15(12)10-19(2)11-16(20)18-14-6-4-13(5-7-14)17(21)22-3/h4-9H,10-11H2,1-3H3,(H,18,20). The van der Waals surface area contributed by atoms with Crippen LogP contribution in [-0.2, 0) is 16.1 Å². The van der Waals surface area contributed by atoms with Crippen LogP contribution in [-0.4, -0.2) is 37.5 Å². The lowest BCUT2D eigenvalue weighted by Gasteiger charge is -2.16. The van der Waals surface area contributed by atoms with Crippen LogP contribution in [0.4, 0.5) is 5.69 Å². The summed E-state index contributed by atoms with van der Waals surface area (Å²) in [6.45, 7) is 3.12. The maximum atomic E-state index is 12.1. The highest BCUT2D eigenvalue weighted by Gasteiger charge is 2.10. The first-order valence-corrected chi connectivity index (χ1v) is 8.07. The van der Waals surface area contributed by atoms with Crippen molar-refractivity contribution in [1.29, 1.82) is 0 Å². The molecule has 6 heteroatoms. The summed E-state index contributed by atoms with van der Waals surface area (Å²) in [5.41, 5.74) is 2.36. The van der Waals surface area contributed by atoms with E-state index in [-0.39, 0.29) is 5.91 Å². The zero-order valence-electron chi connectivity index (χ0n) is 13.5. The topological polar surface area (TPSA) is 58.6 Å². The molecule has 0 atom stereocenters. The number of likely N-dealkylation sites (N-methyl/N-ethyl adjacent to an activating group) is 1. The van der Waals surface area contributed by atoms with Gasteiger partial charge in [-0.1, -0.05) is 0 Å². The maximum Gasteiger partial charge on any atom is 0.337 e. The molecule has 122 valence electrons. The zero-order chi connectivity index (χ0) is 16.8. The van der Waals surface area contributed by atoms with Crippen LogP contribution in [0.1, 0.15) is 20.8 Å². The lowest BCUT2D eigenvalue weighted by molar-refractivity contribution is -0.117. The van der Waals surface area contributed by atoms with E-state index in [2.05, 4.69) is 28.4 Å². The summed E-state index contributed by atoms with van der Waals surface area (Å²) >= 11 is 1.70. The first-order valence-electron chi connectivity index (χ1n) is 7.19. The van der Waals surface area contributed by atoms with E-state index < -0.39 is 5.97 Å². The third-order valence-corrected chi connectivity index (χ3v) is 4.39. The van der Waals surface area contributed by atoms with E-state index in [4.69, 9.17) is 0 Å². The van der Waals surface area contributed by atoms with Crippen molar-refractivity contribution in [2.75, 3.05) is 26.0 Å². The number of anilines is 1. The molecule has 0 radical (unpaired) electrons. The van der Waals surface area contributed by atoms with Crippen LogP contribution in [0.25, 0.3) is 0 Å². The van der Waals surface area contributed by atoms with Crippen LogP contribution in [0.5, 0.6) is 0 Å². The molecule has 2 aromatic rings. The van der Waals surface area contributed by atoms with Crippen molar-refractivity contribution in [2.24, 2.45) is 0 Å².